The van der Waals surface area contributed by atoms with Crippen LogP contribution in [-0.4, -0.2) is 36.3 Å². The Kier molecular flexibility index (Phi) is 4.18. The number of carbonyl (C=O) groups is 2. The summed E-state index contributed by atoms with van der Waals surface area (Å²) in [7, 11) is -4.06. The number of ketones is 1. The van der Waals surface area contributed by atoms with Crippen LogP contribution in [-0.2, 0) is 14.6 Å². The van der Waals surface area contributed by atoms with Gasteiger partial charge in [0, 0.05) is 5.56 Å². The molecule has 0 aliphatic carbocycles. The summed E-state index contributed by atoms with van der Waals surface area (Å²) < 4.78 is 35.7. The topological polar surface area (TPSA) is 88.5 Å². The van der Waals surface area contributed by atoms with E-state index in [1.165, 1.54) is 0 Å². The molecule has 1 rings (SSSR count). The fourth-order valence-electron chi connectivity index (χ4n) is 1.18. The van der Waals surface area contributed by atoms with Crippen molar-refractivity contribution < 1.29 is 27.5 Å². The normalized spacial score (nSPS) is 13.0. The third-order valence-electron chi connectivity index (χ3n) is 2.38. The highest BCUT2D eigenvalue weighted by atomic mass is 32.2. The molecule has 7 heteroatoms. The number of sulfone groups is 1. The highest BCUT2D eigenvalue weighted by Crippen LogP contribution is 2.09. The summed E-state index contributed by atoms with van der Waals surface area (Å²) in [5.41, 5.74) is 0.0255. The van der Waals surface area contributed by atoms with Crippen molar-refractivity contribution in [3.63, 3.8) is 0 Å². The number of aliphatic carboxylic acids is 1. The standard InChI is InChI=1S/C11H11FO5S/c1-7(11(14)15)18(16,17)6-10(13)8-2-4-9(12)5-3-8/h2-5,7H,6H2,1H3,(H,14,15). The van der Waals surface area contributed by atoms with E-state index in [9.17, 15) is 22.4 Å². The van der Waals surface area contributed by atoms with Gasteiger partial charge in [-0.2, -0.15) is 0 Å². The Morgan fingerprint density at radius 3 is 2.22 bits per heavy atom. The van der Waals surface area contributed by atoms with Crippen LogP contribution in [0.15, 0.2) is 24.3 Å². The van der Waals surface area contributed by atoms with Gasteiger partial charge in [0.15, 0.2) is 20.9 Å². The molecule has 0 spiro atoms. The summed E-state index contributed by atoms with van der Waals surface area (Å²) in [5.74, 6) is -3.73. The highest BCUT2D eigenvalue weighted by Gasteiger charge is 2.30. The number of carboxylic acids is 1. The van der Waals surface area contributed by atoms with Gasteiger partial charge in [-0.1, -0.05) is 0 Å². The highest BCUT2D eigenvalue weighted by molar-refractivity contribution is 7.93. The molecule has 1 N–H and O–H groups in total. The molecule has 1 atom stereocenters. The number of carboxylic acid groups (broad SMARTS) is 1. The van der Waals surface area contributed by atoms with E-state index >= 15 is 0 Å². The number of carbonyl (C=O) groups excluding carboxylic acids is 1. The van der Waals surface area contributed by atoms with Gasteiger partial charge in [-0.3, -0.25) is 9.59 Å². The predicted octanol–water partition coefficient (Wildman–Crippen LogP) is 0.896. The molecule has 0 fully saturated rings. The summed E-state index contributed by atoms with van der Waals surface area (Å²) in [4.78, 5) is 22.2. The molecule has 0 heterocycles. The van der Waals surface area contributed by atoms with Crippen molar-refractivity contribution in [3.8, 4) is 0 Å². The van der Waals surface area contributed by atoms with Gasteiger partial charge in [0.25, 0.3) is 0 Å². The monoisotopic (exact) mass is 274 g/mol. The largest absolute Gasteiger partial charge is 0.480 e. The van der Waals surface area contributed by atoms with E-state index in [1.54, 1.807) is 0 Å². The fourth-order valence-corrected chi connectivity index (χ4v) is 2.27. The zero-order valence-electron chi connectivity index (χ0n) is 9.46. The number of hydrogen-bond donors (Lipinski definition) is 1. The number of benzene rings is 1. The summed E-state index contributed by atoms with van der Waals surface area (Å²) >= 11 is 0. The molecule has 98 valence electrons. The third-order valence-corrected chi connectivity index (χ3v) is 4.33. The zero-order chi connectivity index (χ0) is 13.9. The maximum absolute atomic E-state index is 12.6. The van der Waals surface area contributed by atoms with E-state index in [4.69, 9.17) is 5.11 Å². The summed E-state index contributed by atoms with van der Waals surface area (Å²) in [6, 6.07) is 4.36. The van der Waals surface area contributed by atoms with Crippen molar-refractivity contribution >= 4 is 21.6 Å². The smallest absolute Gasteiger partial charge is 0.321 e. The first kappa shape index (κ1) is 14.3. The third kappa shape index (κ3) is 3.36. The Bertz CT molecular complexity index is 562. The van der Waals surface area contributed by atoms with Crippen LogP contribution in [0, 0.1) is 5.82 Å². The lowest BCUT2D eigenvalue weighted by Crippen LogP contribution is -2.32. The number of rotatable bonds is 5. The predicted molar refractivity (Wildman–Crippen MR) is 61.6 cm³/mol. The first-order valence-corrected chi connectivity index (χ1v) is 6.68. The first-order valence-electron chi connectivity index (χ1n) is 4.97. The average Bonchev–Trinajstić information content (AvgIpc) is 2.28. The van der Waals surface area contributed by atoms with E-state index in [-0.39, 0.29) is 5.56 Å². The van der Waals surface area contributed by atoms with Crippen LogP contribution < -0.4 is 0 Å². The quantitative estimate of drug-likeness (QED) is 0.806. The molecule has 0 aromatic heterocycles. The maximum Gasteiger partial charge on any atom is 0.321 e. The zero-order valence-corrected chi connectivity index (χ0v) is 10.3. The lowest BCUT2D eigenvalue weighted by Gasteiger charge is -2.07. The van der Waals surface area contributed by atoms with Gasteiger partial charge >= 0.3 is 5.97 Å². The van der Waals surface area contributed by atoms with Crippen LogP contribution >= 0.6 is 0 Å². The molecular formula is C11H11FO5S. The lowest BCUT2D eigenvalue weighted by molar-refractivity contribution is -0.136. The van der Waals surface area contributed by atoms with Gasteiger partial charge in [-0.25, -0.2) is 12.8 Å². The summed E-state index contributed by atoms with van der Waals surface area (Å²) in [6.07, 6.45) is 0. The summed E-state index contributed by atoms with van der Waals surface area (Å²) in [5, 5.41) is 6.95. The first-order chi connectivity index (χ1) is 8.24. The second-order valence-corrected chi connectivity index (χ2v) is 6.04. The Labute approximate surface area is 103 Å². The molecular weight excluding hydrogens is 263 g/mol. The minimum atomic E-state index is -4.06. The lowest BCUT2D eigenvalue weighted by atomic mass is 10.1. The van der Waals surface area contributed by atoms with Crippen molar-refractivity contribution in [1.82, 2.24) is 0 Å². The fraction of sp³-hybridized carbons (Fsp3) is 0.273. The van der Waals surface area contributed by atoms with Crippen molar-refractivity contribution in [2.24, 2.45) is 0 Å². The van der Waals surface area contributed by atoms with Gasteiger partial charge in [-0.05, 0) is 31.2 Å². The molecule has 1 aromatic carbocycles. The SMILES string of the molecule is CC(C(=O)O)S(=O)(=O)CC(=O)c1ccc(F)cc1. The van der Waals surface area contributed by atoms with Gasteiger partial charge in [0.1, 0.15) is 11.6 Å². The average molecular weight is 274 g/mol. The number of hydrogen-bond acceptors (Lipinski definition) is 4. The van der Waals surface area contributed by atoms with E-state index in [1.807, 2.05) is 0 Å². The summed E-state index contributed by atoms with van der Waals surface area (Å²) in [6.45, 7) is 0.996. The van der Waals surface area contributed by atoms with Crippen molar-refractivity contribution in [2.45, 2.75) is 12.2 Å². The van der Waals surface area contributed by atoms with Crippen LogP contribution in [0.3, 0.4) is 0 Å². The Balaban J connectivity index is 2.88. The van der Waals surface area contributed by atoms with E-state index in [2.05, 4.69) is 0 Å². The molecule has 0 saturated carbocycles. The van der Waals surface area contributed by atoms with Gasteiger partial charge in [0.05, 0.1) is 0 Å². The van der Waals surface area contributed by atoms with Crippen molar-refractivity contribution in [2.75, 3.05) is 5.75 Å². The second kappa shape index (κ2) is 5.26. The van der Waals surface area contributed by atoms with E-state index in [0.29, 0.717) is 0 Å². The van der Waals surface area contributed by atoms with Crippen LogP contribution in [0.1, 0.15) is 17.3 Å². The van der Waals surface area contributed by atoms with Crippen LogP contribution in [0.25, 0.3) is 0 Å². The Morgan fingerprint density at radius 1 is 1.28 bits per heavy atom. The molecule has 0 saturated heterocycles. The molecule has 0 aliphatic heterocycles. The van der Waals surface area contributed by atoms with E-state index < -0.39 is 38.4 Å². The maximum atomic E-state index is 12.6. The van der Waals surface area contributed by atoms with Gasteiger partial charge in [-0.15, -0.1) is 0 Å². The molecule has 18 heavy (non-hydrogen) atoms. The minimum absolute atomic E-state index is 0.0255. The molecule has 0 aliphatic rings. The number of halogens is 1. The molecule has 0 radical (unpaired) electrons. The Morgan fingerprint density at radius 2 is 1.78 bits per heavy atom. The molecule has 1 aromatic rings. The molecule has 1 unspecified atom stereocenters. The molecule has 0 bridgehead atoms. The van der Waals surface area contributed by atoms with Crippen LogP contribution in [0.4, 0.5) is 4.39 Å². The molecule has 5 nitrogen and oxygen atoms in total. The molecule has 0 amide bonds. The van der Waals surface area contributed by atoms with Crippen LogP contribution in [0.5, 0.6) is 0 Å². The number of Topliss-reactive ketones (excluding diaryl/α,β-unsaturated/α-hetero) is 1. The van der Waals surface area contributed by atoms with Gasteiger partial charge in [0.2, 0.25) is 0 Å². The van der Waals surface area contributed by atoms with Crippen LogP contribution in [0.2, 0.25) is 0 Å². The van der Waals surface area contributed by atoms with E-state index in [0.717, 1.165) is 31.2 Å². The van der Waals surface area contributed by atoms with Crippen molar-refractivity contribution in [3.05, 3.63) is 35.6 Å². The van der Waals surface area contributed by atoms with Crippen molar-refractivity contribution in [1.29, 1.82) is 0 Å². The minimum Gasteiger partial charge on any atom is -0.480 e. The Hall–Kier alpha value is -1.76. The van der Waals surface area contributed by atoms with Gasteiger partial charge < -0.3 is 5.11 Å². The second-order valence-electron chi connectivity index (χ2n) is 3.72.